The summed E-state index contributed by atoms with van der Waals surface area (Å²) in [5, 5.41) is 7.00. The van der Waals surface area contributed by atoms with Crippen molar-refractivity contribution >= 4 is 14.9 Å². The molecular formula is C16H39MoO2Si. The topological polar surface area (TPSA) is 37.3 Å². The van der Waals surface area contributed by atoms with Gasteiger partial charge in [-0.2, -0.15) is 0 Å². The van der Waals surface area contributed by atoms with E-state index in [4.69, 9.17) is 9.90 Å². The molecule has 125 valence electrons. The van der Waals surface area contributed by atoms with Gasteiger partial charge in [0.2, 0.25) is 0 Å². The summed E-state index contributed by atoms with van der Waals surface area (Å²) in [6.07, 6.45) is 6.09. The average molecular weight is 388 g/mol. The summed E-state index contributed by atoms with van der Waals surface area (Å²) in [5.41, 5.74) is 1.15. The number of hydrogen-bond acceptors (Lipinski definition) is 2. The molecule has 0 unspecified atom stereocenters. The van der Waals surface area contributed by atoms with Gasteiger partial charge in [-0.3, -0.25) is 6.79 Å². The molecule has 0 aromatic heterocycles. The molecule has 0 amide bonds. The molecule has 0 aromatic rings. The van der Waals surface area contributed by atoms with Crippen LogP contribution in [0, 0.1) is 20.8 Å². The number of rotatable bonds is 1. The van der Waals surface area contributed by atoms with Gasteiger partial charge in [-0.25, -0.2) is 0 Å². The van der Waals surface area contributed by atoms with E-state index in [1.807, 2.05) is 0 Å². The van der Waals surface area contributed by atoms with Crippen molar-refractivity contribution in [3.05, 3.63) is 14.9 Å². The van der Waals surface area contributed by atoms with Gasteiger partial charge >= 0.3 is 21.1 Å². The first-order chi connectivity index (χ1) is 7.84. The van der Waals surface area contributed by atoms with Crippen LogP contribution < -0.4 is 0 Å². The van der Waals surface area contributed by atoms with E-state index in [2.05, 4.69) is 47.2 Å². The molecule has 1 saturated carbocycles. The molecule has 20 heavy (non-hydrogen) atoms. The van der Waals surface area contributed by atoms with Crippen LogP contribution in [0.1, 0.15) is 46.5 Å². The Morgan fingerprint density at radius 3 is 1.25 bits per heavy atom. The minimum atomic E-state index is -0.724. The third-order valence-corrected chi connectivity index (χ3v) is 5.61. The molecule has 0 atom stereocenters. The zero-order valence-corrected chi connectivity index (χ0v) is 18.3. The maximum Gasteiger partial charge on any atom is 3.00 e. The molecule has 1 fully saturated rings. The maximum absolute atomic E-state index is 7.75. The first-order valence-corrected chi connectivity index (χ1v) is 10.1. The van der Waals surface area contributed by atoms with Gasteiger partial charge in [-0.15, -0.1) is 0 Å². The molecule has 0 saturated heterocycles. The van der Waals surface area contributed by atoms with Crippen LogP contribution in [0.15, 0.2) is 0 Å². The molecule has 0 aromatic carbocycles. The summed E-state index contributed by atoms with van der Waals surface area (Å²) in [6, 6.07) is 0. The maximum atomic E-state index is 7.75. The summed E-state index contributed by atoms with van der Waals surface area (Å²) in [4.78, 5) is 7.75. The van der Waals surface area contributed by atoms with Gasteiger partial charge < -0.3 is 24.8 Å². The molecule has 1 radical (unpaired) electrons. The van der Waals surface area contributed by atoms with Gasteiger partial charge in [-0.05, 0) is 11.5 Å². The zero-order valence-electron chi connectivity index (χ0n) is 15.3. The fourth-order valence-electron chi connectivity index (χ4n) is 1.79. The second kappa shape index (κ2) is 24.5. The minimum Gasteiger partial charge on any atom is -0.545 e. The van der Waals surface area contributed by atoms with E-state index >= 15 is 0 Å². The van der Waals surface area contributed by atoms with E-state index < -0.39 is 8.07 Å². The normalized spacial score (nSPS) is 12.7. The smallest absolute Gasteiger partial charge is 0.545 e. The van der Waals surface area contributed by atoms with Crippen LogP contribution in [0.5, 0.6) is 0 Å². The summed E-state index contributed by atoms with van der Waals surface area (Å²) < 4.78 is 0. The Kier molecular flexibility index (Phi) is 45.5. The van der Waals surface area contributed by atoms with Crippen LogP contribution in [0.4, 0.5) is 0 Å². The molecule has 0 bridgehead atoms. The molecule has 0 aliphatic heterocycles. The van der Waals surface area contributed by atoms with Crippen molar-refractivity contribution in [3.8, 4) is 0 Å². The van der Waals surface area contributed by atoms with Gasteiger partial charge in [0.05, 0.1) is 0 Å². The van der Waals surface area contributed by atoms with Gasteiger partial charge in [0.25, 0.3) is 0 Å². The van der Waals surface area contributed by atoms with E-state index in [0.717, 1.165) is 18.6 Å². The van der Waals surface area contributed by atoms with Crippen molar-refractivity contribution in [2.75, 3.05) is 7.11 Å². The van der Waals surface area contributed by atoms with Crippen molar-refractivity contribution in [2.24, 2.45) is 5.92 Å². The minimum absolute atomic E-state index is 0. The van der Waals surface area contributed by atoms with Crippen molar-refractivity contribution in [1.82, 2.24) is 0 Å². The summed E-state index contributed by atoms with van der Waals surface area (Å²) >= 11 is 0. The Bertz CT molecular complexity index is 139. The van der Waals surface area contributed by atoms with Crippen LogP contribution in [0.3, 0.4) is 0 Å². The second-order valence-electron chi connectivity index (χ2n) is 6.08. The quantitative estimate of drug-likeness (QED) is 0.383. The average Bonchev–Trinajstić information content (AvgIpc) is 2.75. The van der Waals surface area contributed by atoms with E-state index in [1.165, 1.54) is 25.7 Å². The van der Waals surface area contributed by atoms with Gasteiger partial charge in [0.1, 0.15) is 0 Å². The number of aliphatic hydroxyl groups excluding tert-OH is 1. The number of aliphatic hydroxyl groups is 1. The predicted octanol–water partition coefficient (Wildman–Crippen LogP) is 5.16. The Morgan fingerprint density at radius 2 is 1.15 bits per heavy atom. The molecule has 1 aliphatic carbocycles. The largest absolute Gasteiger partial charge is 3.00 e. The predicted molar refractivity (Wildman–Crippen MR) is 93.8 cm³/mol. The van der Waals surface area contributed by atoms with Crippen LogP contribution in [0.2, 0.25) is 25.2 Å². The number of hydrogen-bond donors (Lipinski definition) is 1. The standard InChI is InChI=1S/C8H18Si.C4H10.CH4O.CHO.2CH3.Mo/c1-9(2,3)8-6-4-5-7-8;1-4(2)3;2*1-2;;;/h8H,4-7H2,1-3H3;4H,1-3H3;2H,1H3;1H;2*1H3;/q;;;3*-1;+3. The first-order valence-electron chi connectivity index (χ1n) is 6.52. The van der Waals surface area contributed by atoms with E-state index in [9.17, 15) is 0 Å². The van der Waals surface area contributed by atoms with Crippen molar-refractivity contribution < 1.29 is 31.0 Å². The van der Waals surface area contributed by atoms with Gasteiger partial charge in [0, 0.05) is 15.2 Å². The molecule has 1 N–H and O–H groups in total. The van der Waals surface area contributed by atoms with E-state index in [0.29, 0.717) is 0 Å². The molecular weight excluding hydrogens is 348 g/mol. The SMILES string of the molecule is CC(C)C.CO.C[Si](C)(C)C1CCCC1.[CH-]=O.[CH3-].[CH3-].[Mo+3]. The van der Waals surface area contributed by atoms with Crippen LogP contribution >= 0.6 is 0 Å². The van der Waals surface area contributed by atoms with Gasteiger partial charge in [-0.1, -0.05) is 66.1 Å². The molecule has 0 spiro atoms. The van der Waals surface area contributed by atoms with Crippen molar-refractivity contribution in [1.29, 1.82) is 0 Å². The van der Waals surface area contributed by atoms with Crippen LogP contribution in [0.25, 0.3) is 0 Å². The molecule has 0 heterocycles. The molecule has 1 rings (SSSR count). The monoisotopic (exact) mass is 389 g/mol. The van der Waals surface area contributed by atoms with Crippen LogP contribution in [-0.4, -0.2) is 27.1 Å². The van der Waals surface area contributed by atoms with E-state index in [-0.39, 0.29) is 35.9 Å². The molecule has 1 aliphatic rings. The third kappa shape index (κ3) is 31.1. The van der Waals surface area contributed by atoms with Crippen LogP contribution in [-0.2, 0) is 25.9 Å². The fourth-order valence-corrected chi connectivity index (χ4v) is 3.93. The molecule has 4 heteroatoms. The summed E-state index contributed by atoms with van der Waals surface area (Å²) in [7, 11) is 0.276. The summed E-state index contributed by atoms with van der Waals surface area (Å²) in [6.45, 7) is 17.3. The Morgan fingerprint density at radius 1 is 0.950 bits per heavy atom. The first kappa shape index (κ1) is 37.1. The Labute approximate surface area is 145 Å². The number of carbonyl (C=O) groups excluding carboxylic acids is 1. The van der Waals surface area contributed by atoms with E-state index in [1.54, 1.807) is 0 Å². The second-order valence-corrected chi connectivity index (χ2v) is 11.6. The zero-order chi connectivity index (χ0) is 14.5. The fraction of sp³-hybridized carbons (Fsp3) is 0.812. The Balaban J connectivity index is -0.0000000391. The summed E-state index contributed by atoms with van der Waals surface area (Å²) in [5.74, 6) is 0.833. The van der Waals surface area contributed by atoms with Crippen molar-refractivity contribution in [3.63, 3.8) is 0 Å². The molecule has 2 nitrogen and oxygen atoms in total. The van der Waals surface area contributed by atoms with Crippen molar-refractivity contribution in [2.45, 2.75) is 71.6 Å². The Hall–Kier alpha value is 0.535. The third-order valence-electron chi connectivity index (χ3n) is 2.58. The van der Waals surface area contributed by atoms with Gasteiger partial charge in [0.15, 0.2) is 0 Å².